The Balaban J connectivity index is 0.000000156. The number of ether oxygens (including phenoxy) is 4. The largest absolute Gasteiger partial charge is 0.486 e. The van der Waals surface area contributed by atoms with E-state index in [0.29, 0.717) is 13.2 Å². The molecule has 2 aliphatic heterocycles. The summed E-state index contributed by atoms with van der Waals surface area (Å²) in [6, 6.07) is 36.4. The molecular formula is C40H40N4O6. The van der Waals surface area contributed by atoms with Crippen molar-refractivity contribution in [3.63, 3.8) is 0 Å². The van der Waals surface area contributed by atoms with Crippen LogP contribution in [0.5, 0.6) is 23.0 Å². The zero-order chi connectivity index (χ0) is 34.5. The first-order chi connectivity index (χ1) is 24.5. The highest BCUT2D eigenvalue weighted by Crippen LogP contribution is 2.32. The van der Waals surface area contributed by atoms with Crippen molar-refractivity contribution in [1.29, 1.82) is 0 Å². The Morgan fingerprint density at radius 3 is 1.38 bits per heavy atom. The van der Waals surface area contributed by atoms with Crippen molar-refractivity contribution < 1.29 is 28.8 Å². The molecular weight excluding hydrogens is 632 g/mol. The van der Waals surface area contributed by atoms with Gasteiger partial charge in [0, 0.05) is 57.6 Å². The van der Waals surface area contributed by atoms with Crippen LogP contribution in [0, 0.1) is 0 Å². The lowest BCUT2D eigenvalue weighted by atomic mass is 10.2. The molecule has 0 spiro atoms. The molecule has 256 valence electrons. The fourth-order valence-corrected chi connectivity index (χ4v) is 5.64. The van der Waals surface area contributed by atoms with E-state index in [0.717, 1.165) is 67.5 Å². The summed E-state index contributed by atoms with van der Waals surface area (Å²) in [5, 5.41) is 7.42. The maximum atomic E-state index is 9.00. The van der Waals surface area contributed by atoms with Crippen LogP contribution >= 0.6 is 0 Å². The predicted octanol–water partition coefficient (Wildman–Crippen LogP) is 6.72. The number of fused-ring (bicyclic) bond motifs is 2. The highest BCUT2D eigenvalue weighted by molar-refractivity contribution is 5.63. The monoisotopic (exact) mass is 672 g/mol. The van der Waals surface area contributed by atoms with Crippen molar-refractivity contribution in [3.05, 3.63) is 157 Å². The quantitative estimate of drug-likeness (QED) is 0.190. The molecule has 50 heavy (non-hydrogen) atoms. The van der Waals surface area contributed by atoms with Gasteiger partial charge in [0.05, 0.1) is 0 Å². The van der Waals surface area contributed by atoms with E-state index < -0.39 is 5.97 Å². The Kier molecular flexibility index (Phi) is 11.4. The van der Waals surface area contributed by atoms with Gasteiger partial charge >= 0.3 is 0 Å². The van der Waals surface area contributed by atoms with Gasteiger partial charge in [0.25, 0.3) is 5.97 Å². The first-order valence-corrected chi connectivity index (χ1v) is 16.5. The number of benzene rings is 4. The maximum absolute atomic E-state index is 9.00. The maximum Gasteiger partial charge on any atom is 0.300 e. The second-order valence-electron chi connectivity index (χ2n) is 11.8. The number of carboxylic acid groups (broad SMARTS) is 1. The predicted molar refractivity (Wildman–Crippen MR) is 189 cm³/mol. The molecule has 10 nitrogen and oxygen atoms in total. The van der Waals surface area contributed by atoms with Gasteiger partial charge in [-0.1, -0.05) is 84.9 Å². The van der Waals surface area contributed by atoms with Gasteiger partial charge in [0.1, 0.15) is 37.1 Å². The molecule has 4 heterocycles. The molecule has 2 atom stereocenters. The van der Waals surface area contributed by atoms with Crippen LogP contribution < -0.4 is 18.9 Å². The lowest BCUT2D eigenvalue weighted by Crippen LogP contribution is -2.32. The van der Waals surface area contributed by atoms with Crippen LogP contribution in [0.1, 0.15) is 29.7 Å². The Morgan fingerprint density at radius 2 is 0.980 bits per heavy atom. The number of hydrogen-bond acceptors (Lipinski definition) is 7. The number of aromatic nitrogens is 4. The van der Waals surface area contributed by atoms with Crippen LogP contribution in [0.3, 0.4) is 0 Å². The number of carboxylic acids is 1. The zero-order valence-corrected chi connectivity index (χ0v) is 27.9. The van der Waals surface area contributed by atoms with E-state index in [1.54, 1.807) is 0 Å². The molecule has 0 amide bonds. The van der Waals surface area contributed by atoms with Crippen molar-refractivity contribution in [3.8, 4) is 23.0 Å². The van der Waals surface area contributed by atoms with Crippen LogP contribution in [0.15, 0.2) is 134 Å². The normalized spacial score (nSPS) is 15.5. The molecule has 0 bridgehead atoms. The van der Waals surface area contributed by atoms with Gasteiger partial charge in [-0.3, -0.25) is 4.79 Å². The fraction of sp³-hybridized carbons (Fsp3) is 0.225. The minimum Gasteiger partial charge on any atom is -0.486 e. The molecule has 6 aromatic rings. The minimum absolute atomic E-state index is 0.0122. The molecule has 0 saturated heterocycles. The molecule has 0 aliphatic carbocycles. The SMILES string of the molecule is CC(=O)O.c1ccc(Cn2ccnc2CC2COc3ccccc3O2)cc1.c1ccc(Cn2ccnc2CC2COc3ccccc3O2)cc1. The molecule has 8 rings (SSSR count). The van der Waals surface area contributed by atoms with E-state index in [9.17, 15) is 0 Å². The van der Waals surface area contributed by atoms with E-state index >= 15 is 0 Å². The van der Waals surface area contributed by atoms with E-state index in [4.69, 9.17) is 28.8 Å². The minimum atomic E-state index is -0.833. The summed E-state index contributed by atoms with van der Waals surface area (Å²) in [6.45, 7) is 3.82. The van der Waals surface area contributed by atoms with Crippen LogP contribution in [-0.4, -0.2) is 55.6 Å². The first kappa shape index (κ1) is 33.9. The smallest absolute Gasteiger partial charge is 0.300 e. The third kappa shape index (κ3) is 9.53. The third-order valence-corrected chi connectivity index (χ3v) is 7.95. The van der Waals surface area contributed by atoms with Crippen molar-refractivity contribution in [1.82, 2.24) is 19.1 Å². The lowest BCUT2D eigenvalue weighted by Gasteiger charge is -2.26. The average molecular weight is 673 g/mol. The van der Waals surface area contributed by atoms with E-state index in [-0.39, 0.29) is 12.2 Å². The first-order valence-electron chi connectivity index (χ1n) is 16.5. The van der Waals surface area contributed by atoms with Gasteiger partial charge in [-0.2, -0.15) is 0 Å². The van der Waals surface area contributed by atoms with E-state index in [1.165, 1.54) is 11.1 Å². The van der Waals surface area contributed by atoms with Crippen LogP contribution in [0.25, 0.3) is 0 Å². The van der Waals surface area contributed by atoms with Crippen LogP contribution in [0.4, 0.5) is 0 Å². The summed E-state index contributed by atoms with van der Waals surface area (Å²) in [4.78, 5) is 18.0. The molecule has 0 saturated carbocycles. The lowest BCUT2D eigenvalue weighted by molar-refractivity contribution is -0.134. The average Bonchev–Trinajstić information content (AvgIpc) is 3.77. The van der Waals surface area contributed by atoms with Gasteiger partial charge in [0.2, 0.25) is 0 Å². The summed E-state index contributed by atoms with van der Waals surface area (Å²) in [5.74, 6) is 4.45. The molecule has 10 heteroatoms. The molecule has 2 aliphatic rings. The number of aliphatic carboxylic acids is 1. The number of nitrogens with zero attached hydrogens (tertiary/aromatic N) is 4. The number of para-hydroxylation sites is 4. The summed E-state index contributed by atoms with van der Waals surface area (Å²) >= 11 is 0. The zero-order valence-electron chi connectivity index (χ0n) is 27.9. The van der Waals surface area contributed by atoms with Crippen molar-refractivity contribution >= 4 is 5.97 Å². The van der Waals surface area contributed by atoms with Gasteiger partial charge in [-0.25, -0.2) is 9.97 Å². The molecule has 4 aromatic carbocycles. The third-order valence-electron chi connectivity index (χ3n) is 7.95. The number of hydrogen-bond donors (Lipinski definition) is 1. The molecule has 0 radical (unpaired) electrons. The molecule has 1 N–H and O–H groups in total. The summed E-state index contributed by atoms with van der Waals surface area (Å²) < 4.78 is 28.0. The number of rotatable bonds is 8. The molecule has 2 unspecified atom stereocenters. The van der Waals surface area contributed by atoms with Gasteiger partial charge in [-0.05, 0) is 35.4 Å². The van der Waals surface area contributed by atoms with Crippen molar-refractivity contribution in [2.45, 2.75) is 45.1 Å². The highest BCUT2D eigenvalue weighted by atomic mass is 16.6. The van der Waals surface area contributed by atoms with Crippen LogP contribution in [-0.2, 0) is 30.7 Å². The van der Waals surface area contributed by atoms with Crippen LogP contribution in [0.2, 0.25) is 0 Å². The van der Waals surface area contributed by atoms with Crippen molar-refractivity contribution in [2.75, 3.05) is 13.2 Å². The Labute approximate surface area is 291 Å². The standard InChI is InChI=1S/2C19H18N2O2.C2H4O2/c2*1-2-6-15(7-3-1)13-21-11-10-20-19(21)12-16-14-22-17-8-4-5-9-18(17)23-16;1-2(3)4/h2*1-11,16H,12-14H2;1H3,(H,3,4). The van der Waals surface area contributed by atoms with Gasteiger partial charge < -0.3 is 33.2 Å². The molecule has 2 aromatic heterocycles. The highest BCUT2D eigenvalue weighted by Gasteiger charge is 2.24. The van der Waals surface area contributed by atoms with Crippen molar-refractivity contribution in [2.24, 2.45) is 0 Å². The summed E-state index contributed by atoms with van der Waals surface area (Å²) in [6.07, 6.45) is 9.15. The van der Waals surface area contributed by atoms with Gasteiger partial charge in [0.15, 0.2) is 23.0 Å². The Morgan fingerprint density at radius 1 is 0.620 bits per heavy atom. The summed E-state index contributed by atoms with van der Waals surface area (Å²) in [7, 11) is 0. The Hall–Kier alpha value is -6.03. The number of carbonyl (C=O) groups is 1. The van der Waals surface area contributed by atoms with Gasteiger partial charge in [-0.15, -0.1) is 0 Å². The number of imidazole rings is 2. The Bertz CT molecular complexity index is 1800. The summed E-state index contributed by atoms with van der Waals surface area (Å²) in [5.41, 5.74) is 2.52. The van der Waals surface area contributed by atoms with E-state index in [1.807, 2.05) is 85.5 Å². The fourth-order valence-electron chi connectivity index (χ4n) is 5.64. The second kappa shape index (κ2) is 16.9. The molecule has 0 fully saturated rings. The van der Waals surface area contributed by atoms with E-state index in [2.05, 4.69) is 67.6 Å². The topological polar surface area (TPSA) is 110 Å². The second-order valence-corrected chi connectivity index (χ2v) is 11.8.